The van der Waals surface area contributed by atoms with Gasteiger partial charge in [0.1, 0.15) is 93.4 Å². The molecule has 12 nitrogen and oxygen atoms in total. The number of furan rings is 2. The molecule has 2 aromatic heterocycles. The van der Waals surface area contributed by atoms with Gasteiger partial charge >= 0.3 is 0 Å². The van der Waals surface area contributed by atoms with Crippen LogP contribution in [0.5, 0.6) is 57.5 Å². The van der Waals surface area contributed by atoms with Crippen molar-refractivity contribution in [3.63, 3.8) is 0 Å². The SMILES string of the molecule is COc1cc(O)c2c(c1)OCc1c-2oc2c(-c3c(OC)cc(O)c4c5c(oc34)-c3c(O)cc(OC)cc3OC5)c(OC)cc(O)c12. The van der Waals surface area contributed by atoms with Crippen molar-refractivity contribution in [3.8, 4) is 91.3 Å². The highest BCUT2D eigenvalue weighted by Crippen LogP contribution is 2.58. The minimum Gasteiger partial charge on any atom is -0.507 e. The summed E-state index contributed by atoms with van der Waals surface area (Å²) in [4.78, 5) is 0. The molecule has 6 aromatic rings. The molecule has 0 atom stereocenters. The first-order valence-corrected chi connectivity index (χ1v) is 14.1. The van der Waals surface area contributed by atoms with E-state index in [4.69, 9.17) is 37.3 Å². The molecular weight excluding hydrogens is 600 g/mol. The lowest BCUT2D eigenvalue weighted by Gasteiger charge is -2.18. The molecule has 0 amide bonds. The Labute approximate surface area is 260 Å². The summed E-state index contributed by atoms with van der Waals surface area (Å²) in [6.45, 7) is 0.0462. The maximum atomic E-state index is 11.3. The smallest absolute Gasteiger partial charge is 0.150 e. The molecule has 8 rings (SSSR count). The van der Waals surface area contributed by atoms with E-state index in [1.807, 2.05) is 0 Å². The lowest BCUT2D eigenvalue weighted by atomic mass is 9.94. The highest BCUT2D eigenvalue weighted by Gasteiger charge is 2.36. The summed E-state index contributed by atoms with van der Waals surface area (Å²) in [5, 5.41) is 45.1. The number of benzene rings is 4. The molecule has 0 saturated carbocycles. The molecule has 12 heteroatoms. The molecule has 0 spiro atoms. The highest BCUT2D eigenvalue weighted by atomic mass is 16.5. The summed E-state index contributed by atoms with van der Waals surface area (Å²) in [6, 6.07) is 9.03. The molecular formula is C34H26O12. The fraction of sp³-hybridized carbons (Fsp3) is 0.176. The van der Waals surface area contributed by atoms with Gasteiger partial charge in [-0.3, -0.25) is 0 Å². The van der Waals surface area contributed by atoms with Gasteiger partial charge in [0.2, 0.25) is 0 Å². The van der Waals surface area contributed by atoms with Gasteiger partial charge in [-0.25, -0.2) is 0 Å². The molecule has 4 N–H and O–H groups in total. The Morgan fingerprint density at radius 1 is 0.500 bits per heavy atom. The number of phenolic OH excluding ortho intramolecular Hbond substituents is 4. The van der Waals surface area contributed by atoms with Gasteiger partial charge in [0, 0.05) is 47.5 Å². The summed E-state index contributed by atoms with van der Waals surface area (Å²) < 4.78 is 47.1. The number of fused-ring (bicyclic) bond motifs is 10. The number of phenols is 4. The number of ether oxygens (including phenoxy) is 6. The van der Waals surface area contributed by atoms with E-state index in [0.29, 0.717) is 67.2 Å². The molecule has 46 heavy (non-hydrogen) atoms. The first-order valence-electron chi connectivity index (χ1n) is 14.1. The number of methoxy groups -OCH3 is 4. The molecule has 4 aromatic carbocycles. The van der Waals surface area contributed by atoms with Crippen LogP contribution >= 0.6 is 0 Å². The predicted octanol–water partition coefficient (Wildman–Crippen LogP) is 6.82. The standard InChI is InChI=1S/C34H26O12/c1-39-13-5-17(35)27-23(7-13)43-11-15-25-19(37)9-21(41-3)29(33(25)45-31(15)27)30-22(42-4)10-20(38)26-16-12-44-24-8-14(40-2)6-18(36)28(24)32(16)46-34(26)30/h5-10,35-38H,11-12H2,1-4H3. The Kier molecular flexibility index (Phi) is 5.82. The number of hydrogen-bond acceptors (Lipinski definition) is 12. The van der Waals surface area contributed by atoms with Crippen molar-refractivity contribution >= 4 is 21.9 Å². The Hall–Kier alpha value is -6.04. The maximum absolute atomic E-state index is 11.3. The minimum atomic E-state index is -0.144. The van der Waals surface area contributed by atoms with Crippen LogP contribution < -0.4 is 28.4 Å². The van der Waals surface area contributed by atoms with Crippen molar-refractivity contribution in [1.82, 2.24) is 0 Å². The quantitative estimate of drug-likeness (QED) is 0.158. The second-order valence-electron chi connectivity index (χ2n) is 10.8. The summed E-state index contributed by atoms with van der Waals surface area (Å²) >= 11 is 0. The van der Waals surface area contributed by atoms with Crippen LogP contribution in [-0.2, 0) is 13.2 Å². The van der Waals surface area contributed by atoms with Crippen LogP contribution in [0.2, 0.25) is 0 Å². The van der Waals surface area contributed by atoms with E-state index in [1.165, 1.54) is 52.7 Å². The van der Waals surface area contributed by atoms with Crippen LogP contribution in [0.25, 0.3) is 55.7 Å². The molecule has 4 heterocycles. The fourth-order valence-electron chi connectivity index (χ4n) is 6.43. The molecule has 2 aliphatic heterocycles. The van der Waals surface area contributed by atoms with Crippen molar-refractivity contribution in [1.29, 1.82) is 0 Å². The summed E-state index contributed by atoms with van der Waals surface area (Å²) in [5.74, 6) is 1.91. The molecule has 0 fully saturated rings. The summed E-state index contributed by atoms with van der Waals surface area (Å²) in [5.41, 5.74) is 2.64. The summed E-state index contributed by atoms with van der Waals surface area (Å²) in [7, 11) is 5.84. The van der Waals surface area contributed by atoms with Crippen LogP contribution in [0.1, 0.15) is 11.1 Å². The van der Waals surface area contributed by atoms with E-state index in [9.17, 15) is 20.4 Å². The van der Waals surface area contributed by atoms with Crippen LogP contribution in [0.4, 0.5) is 0 Å². The van der Waals surface area contributed by atoms with Crippen LogP contribution in [0.3, 0.4) is 0 Å². The molecule has 234 valence electrons. The van der Waals surface area contributed by atoms with Gasteiger partial charge in [0.25, 0.3) is 0 Å². The van der Waals surface area contributed by atoms with E-state index in [1.54, 1.807) is 12.1 Å². The highest BCUT2D eigenvalue weighted by molar-refractivity contribution is 6.12. The third-order valence-electron chi connectivity index (χ3n) is 8.48. The number of hydrogen-bond donors (Lipinski definition) is 4. The molecule has 2 aliphatic rings. The van der Waals surface area contributed by atoms with Crippen molar-refractivity contribution in [2.24, 2.45) is 0 Å². The second kappa shape index (κ2) is 9.73. The first kappa shape index (κ1) is 27.5. The molecule has 0 radical (unpaired) electrons. The Morgan fingerprint density at radius 2 is 0.913 bits per heavy atom. The van der Waals surface area contributed by atoms with Crippen LogP contribution in [-0.4, -0.2) is 48.9 Å². The average Bonchev–Trinajstić information content (AvgIpc) is 3.64. The van der Waals surface area contributed by atoms with E-state index in [0.717, 1.165) is 0 Å². The monoisotopic (exact) mass is 626 g/mol. The van der Waals surface area contributed by atoms with Crippen LogP contribution in [0.15, 0.2) is 45.2 Å². The van der Waals surface area contributed by atoms with Gasteiger partial charge in [-0.2, -0.15) is 0 Å². The molecule has 0 aliphatic carbocycles. The lowest BCUT2D eigenvalue weighted by Crippen LogP contribution is -2.04. The van der Waals surface area contributed by atoms with Crippen LogP contribution in [0, 0.1) is 0 Å². The lowest BCUT2D eigenvalue weighted by molar-refractivity contribution is 0.294. The topological polar surface area (TPSA) is 163 Å². The van der Waals surface area contributed by atoms with Crippen molar-refractivity contribution < 1.29 is 57.7 Å². The number of rotatable bonds is 5. The van der Waals surface area contributed by atoms with Gasteiger partial charge < -0.3 is 57.7 Å². The average molecular weight is 627 g/mol. The third-order valence-corrected chi connectivity index (χ3v) is 8.48. The third kappa shape index (κ3) is 3.60. The molecule has 0 unspecified atom stereocenters. The van der Waals surface area contributed by atoms with Crippen molar-refractivity contribution in [3.05, 3.63) is 47.5 Å². The second-order valence-corrected chi connectivity index (χ2v) is 10.8. The van der Waals surface area contributed by atoms with E-state index < -0.39 is 0 Å². The van der Waals surface area contributed by atoms with Gasteiger partial charge in [-0.1, -0.05) is 0 Å². The van der Waals surface area contributed by atoms with Gasteiger partial charge in [0.05, 0.1) is 50.3 Å². The fourth-order valence-corrected chi connectivity index (χ4v) is 6.43. The summed E-state index contributed by atoms with van der Waals surface area (Å²) in [6.07, 6.45) is 0. The maximum Gasteiger partial charge on any atom is 0.150 e. The number of aromatic hydroxyl groups is 4. The van der Waals surface area contributed by atoms with E-state index in [-0.39, 0.29) is 70.4 Å². The normalized spacial score (nSPS) is 12.9. The zero-order valence-electron chi connectivity index (χ0n) is 24.9. The zero-order chi connectivity index (χ0) is 32.0. The molecule has 0 saturated heterocycles. The van der Waals surface area contributed by atoms with Gasteiger partial charge in [-0.05, 0) is 0 Å². The van der Waals surface area contributed by atoms with Crippen molar-refractivity contribution in [2.75, 3.05) is 28.4 Å². The van der Waals surface area contributed by atoms with Gasteiger partial charge in [-0.15, -0.1) is 0 Å². The largest absolute Gasteiger partial charge is 0.507 e. The predicted molar refractivity (Wildman–Crippen MR) is 164 cm³/mol. The first-order chi connectivity index (χ1) is 22.3. The Bertz CT molecular complexity index is 2100. The zero-order valence-corrected chi connectivity index (χ0v) is 24.9. The van der Waals surface area contributed by atoms with Gasteiger partial charge in [0.15, 0.2) is 11.2 Å². The van der Waals surface area contributed by atoms with E-state index >= 15 is 0 Å². The minimum absolute atomic E-state index is 0.0231. The van der Waals surface area contributed by atoms with E-state index in [2.05, 4.69) is 0 Å². The molecule has 0 bridgehead atoms. The Balaban J connectivity index is 1.47. The Morgan fingerprint density at radius 3 is 1.28 bits per heavy atom. The van der Waals surface area contributed by atoms with Crippen molar-refractivity contribution in [2.45, 2.75) is 13.2 Å².